The van der Waals surface area contributed by atoms with Crippen molar-refractivity contribution in [2.45, 2.75) is 47.0 Å². The molecule has 0 N–H and O–H groups in total. The van der Waals surface area contributed by atoms with Gasteiger partial charge in [-0.25, -0.2) is 0 Å². The first-order valence-electron chi connectivity index (χ1n) is 7.33. The Balaban J connectivity index is 1.86. The first-order chi connectivity index (χ1) is 9.41. The highest BCUT2D eigenvalue weighted by molar-refractivity contribution is 5.84. The van der Waals surface area contributed by atoms with E-state index in [9.17, 15) is 4.79 Å². The molecule has 1 aromatic carbocycles. The summed E-state index contributed by atoms with van der Waals surface area (Å²) in [5.41, 5.74) is 0.971. The molecular formula is C17H24O3. The van der Waals surface area contributed by atoms with Crippen molar-refractivity contribution in [3.05, 3.63) is 23.8 Å². The van der Waals surface area contributed by atoms with E-state index in [0.717, 1.165) is 24.3 Å². The van der Waals surface area contributed by atoms with Crippen molar-refractivity contribution in [2.75, 3.05) is 6.79 Å². The third-order valence-corrected chi connectivity index (χ3v) is 4.47. The SMILES string of the molecule is CC(C)C(C)(C)C(=O)CCCc1ccc2c(c1)OCO2. The lowest BCUT2D eigenvalue weighted by Crippen LogP contribution is -2.29. The fraction of sp³-hybridized carbons (Fsp3) is 0.588. The standard InChI is InChI=1S/C17H24O3/c1-12(2)17(3,4)16(18)7-5-6-13-8-9-14-15(10-13)20-11-19-14/h8-10,12H,5-7,11H2,1-4H3. The van der Waals surface area contributed by atoms with Crippen LogP contribution < -0.4 is 9.47 Å². The Morgan fingerprint density at radius 2 is 1.95 bits per heavy atom. The van der Waals surface area contributed by atoms with E-state index in [2.05, 4.69) is 13.8 Å². The summed E-state index contributed by atoms with van der Waals surface area (Å²) >= 11 is 0. The molecule has 0 unspecified atom stereocenters. The van der Waals surface area contributed by atoms with Crippen LogP contribution in [-0.2, 0) is 11.2 Å². The summed E-state index contributed by atoms with van der Waals surface area (Å²) in [6.07, 6.45) is 2.42. The monoisotopic (exact) mass is 276 g/mol. The second-order valence-corrected chi connectivity index (χ2v) is 6.34. The Morgan fingerprint density at radius 1 is 1.25 bits per heavy atom. The molecule has 0 fully saturated rings. The topological polar surface area (TPSA) is 35.5 Å². The number of carbonyl (C=O) groups excluding carboxylic acids is 1. The van der Waals surface area contributed by atoms with Gasteiger partial charge in [0.25, 0.3) is 0 Å². The Kier molecular flexibility index (Phi) is 4.36. The summed E-state index contributed by atoms with van der Waals surface area (Å²) in [5, 5.41) is 0. The Morgan fingerprint density at radius 3 is 2.65 bits per heavy atom. The molecule has 0 aliphatic carbocycles. The number of fused-ring (bicyclic) bond motifs is 1. The first-order valence-corrected chi connectivity index (χ1v) is 7.33. The van der Waals surface area contributed by atoms with Crippen molar-refractivity contribution in [3.8, 4) is 11.5 Å². The van der Waals surface area contributed by atoms with E-state index in [1.54, 1.807) is 0 Å². The van der Waals surface area contributed by atoms with E-state index in [-0.39, 0.29) is 5.41 Å². The van der Waals surface area contributed by atoms with Gasteiger partial charge in [0.15, 0.2) is 11.5 Å². The second-order valence-electron chi connectivity index (χ2n) is 6.34. The average Bonchev–Trinajstić information content (AvgIpc) is 2.85. The molecule has 0 radical (unpaired) electrons. The number of ether oxygens (including phenoxy) is 2. The minimum absolute atomic E-state index is 0.227. The molecule has 3 heteroatoms. The first kappa shape index (κ1) is 14.9. The molecule has 1 heterocycles. The number of benzene rings is 1. The minimum Gasteiger partial charge on any atom is -0.454 e. The van der Waals surface area contributed by atoms with Gasteiger partial charge in [-0.15, -0.1) is 0 Å². The summed E-state index contributed by atoms with van der Waals surface area (Å²) in [4.78, 5) is 12.2. The third-order valence-electron chi connectivity index (χ3n) is 4.47. The summed E-state index contributed by atoms with van der Waals surface area (Å²) in [6.45, 7) is 8.60. The van der Waals surface area contributed by atoms with Gasteiger partial charge in [-0.05, 0) is 36.5 Å². The number of hydrogen-bond donors (Lipinski definition) is 0. The molecule has 0 saturated heterocycles. The summed E-state index contributed by atoms with van der Waals surface area (Å²) in [5.74, 6) is 2.36. The molecule has 110 valence electrons. The highest BCUT2D eigenvalue weighted by atomic mass is 16.7. The van der Waals surface area contributed by atoms with Gasteiger partial charge in [0.05, 0.1) is 0 Å². The maximum absolute atomic E-state index is 12.2. The van der Waals surface area contributed by atoms with Crippen LogP contribution in [0.3, 0.4) is 0 Å². The molecule has 1 aromatic rings. The van der Waals surface area contributed by atoms with Crippen LogP contribution in [0, 0.1) is 11.3 Å². The molecule has 20 heavy (non-hydrogen) atoms. The predicted octanol–water partition coefficient (Wildman–Crippen LogP) is 3.99. The lowest BCUT2D eigenvalue weighted by Gasteiger charge is -2.27. The molecule has 1 aliphatic rings. The van der Waals surface area contributed by atoms with Crippen molar-refractivity contribution in [1.29, 1.82) is 0 Å². The zero-order valence-corrected chi connectivity index (χ0v) is 12.9. The zero-order valence-electron chi connectivity index (χ0n) is 12.9. The molecule has 0 atom stereocenters. The molecule has 1 aliphatic heterocycles. The summed E-state index contributed by atoms with van der Waals surface area (Å²) in [6, 6.07) is 6.00. The van der Waals surface area contributed by atoms with Crippen LogP contribution in [-0.4, -0.2) is 12.6 Å². The molecule has 0 bridgehead atoms. The van der Waals surface area contributed by atoms with Crippen molar-refractivity contribution in [3.63, 3.8) is 0 Å². The zero-order chi connectivity index (χ0) is 14.8. The fourth-order valence-corrected chi connectivity index (χ4v) is 2.19. The largest absolute Gasteiger partial charge is 0.454 e. The minimum atomic E-state index is -0.227. The molecule has 0 amide bonds. The Hall–Kier alpha value is -1.51. The van der Waals surface area contributed by atoms with Crippen LogP contribution in [0.1, 0.15) is 46.1 Å². The fourth-order valence-electron chi connectivity index (χ4n) is 2.19. The van der Waals surface area contributed by atoms with E-state index >= 15 is 0 Å². The lowest BCUT2D eigenvalue weighted by atomic mass is 9.76. The predicted molar refractivity (Wildman–Crippen MR) is 79.1 cm³/mol. The van der Waals surface area contributed by atoms with Crippen LogP contribution in [0.2, 0.25) is 0 Å². The molecule has 0 spiro atoms. The second kappa shape index (κ2) is 5.86. The van der Waals surface area contributed by atoms with Crippen LogP contribution in [0.4, 0.5) is 0 Å². The Labute approximate surface area is 121 Å². The van der Waals surface area contributed by atoms with E-state index in [4.69, 9.17) is 9.47 Å². The Bertz CT molecular complexity index is 489. The third kappa shape index (κ3) is 3.14. The average molecular weight is 276 g/mol. The summed E-state index contributed by atoms with van der Waals surface area (Å²) < 4.78 is 10.7. The highest BCUT2D eigenvalue weighted by Gasteiger charge is 2.30. The van der Waals surface area contributed by atoms with Crippen molar-refractivity contribution < 1.29 is 14.3 Å². The van der Waals surface area contributed by atoms with Crippen molar-refractivity contribution in [2.24, 2.45) is 11.3 Å². The number of ketones is 1. The van der Waals surface area contributed by atoms with Gasteiger partial charge in [-0.1, -0.05) is 33.8 Å². The molecule has 3 nitrogen and oxygen atoms in total. The van der Waals surface area contributed by atoms with Crippen molar-refractivity contribution in [1.82, 2.24) is 0 Å². The van der Waals surface area contributed by atoms with E-state index in [1.807, 2.05) is 32.0 Å². The number of hydrogen-bond acceptors (Lipinski definition) is 3. The lowest BCUT2D eigenvalue weighted by molar-refractivity contribution is -0.129. The smallest absolute Gasteiger partial charge is 0.231 e. The highest BCUT2D eigenvalue weighted by Crippen LogP contribution is 2.33. The van der Waals surface area contributed by atoms with Gasteiger partial charge in [-0.2, -0.15) is 0 Å². The maximum atomic E-state index is 12.2. The number of carbonyl (C=O) groups is 1. The van der Waals surface area contributed by atoms with Crippen LogP contribution in [0.25, 0.3) is 0 Å². The van der Waals surface area contributed by atoms with E-state index in [1.165, 1.54) is 5.56 Å². The van der Waals surface area contributed by atoms with Crippen molar-refractivity contribution >= 4 is 5.78 Å². The van der Waals surface area contributed by atoms with Gasteiger partial charge < -0.3 is 9.47 Å². The normalized spacial score (nSPS) is 13.8. The quantitative estimate of drug-likeness (QED) is 0.788. The van der Waals surface area contributed by atoms with Crippen LogP contribution >= 0.6 is 0 Å². The van der Waals surface area contributed by atoms with E-state index in [0.29, 0.717) is 24.9 Å². The molecule has 2 rings (SSSR count). The number of Topliss-reactive ketones (excluding diaryl/α,β-unsaturated/α-hetero) is 1. The van der Waals surface area contributed by atoms with Crippen LogP contribution in [0.5, 0.6) is 11.5 Å². The molecule has 0 saturated carbocycles. The maximum Gasteiger partial charge on any atom is 0.231 e. The molecule has 0 aromatic heterocycles. The van der Waals surface area contributed by atoms with Gasteiger partial charge in [0.2, 0.25) is 6.79 Å². The molecular weight excluding hydrogens is 252 g/mol. The van der Waals surface area contributed by atoms with Gasteiger partial charge in [0, 0.05) is 11.8 Å². The van der Waals surface area contributed by atoms with E-state index < -0.39 is 0 Å². The summed E-state index contributed by atoms with van der Waals surface area (Å²) in [7, 11) is 0. The van der Waals surface area contributed by atoms with Gasteiger partial charge in [-0.3, -0.25) is 4.79 Å². The number of aryl methyl sites for hydroxylation is 1. The van der Waals surface area contributed by atoms with Gasteiger partial charge >= 0.3 is 0 Å². The van der Waals surface area contributed by atoms with Gasteiger partial charge in [0.1, 0.15) is 5.78 Å². The number of rotatable bonds is 6. The van der Waals surface area contributed by atoms with Crippen LogP contribution in [0.15, 0.2) is 18.2 Å².